The zero-order chi connectivity index (χ0) is 13.1. The van der Waals surface area contributed by atoms with Crippen molar-refractivity contribution in [3.05, 3.63) is 41.2 Å². The second-order valence-electron chi connectivity index (χ2n) is 3.88. The number of hydrogen-bond donors (Lipinski definition) is 3. The van der Waals surface area contributed by atoms with Crippen molar-refractivity contribution in [2.75, 3.05) is 5.73 Å². The van der Waals surface area contributed by atoms with Gasteiger partial charge in [-0.1, -0.05) is 6.07 Å². The Bertz CT molecular complexity index is 590. The molecule has 2 aromatic rings. The summed E-state index contributed by atoms with van der Waals surface area (Å²) in [7, 11) is 0. The lowest BCUT2D eigenvalue weighted by Gasteiger charge is -2.01. The van der Waals surface area contributed by atoms with Crippen molar-refractivity contribution in [1.82, 2.24) is 9.66 Å². The van der Waals surface area contributed by atoms with Gasteiger partial charge in [0.15, 0.2) is 0 Å². The maximum Gasteiger partial charge on any atom is 0.221 e. The molecule has 0 spiro atoms. The number of rotatable bonds is 3. The molecule has 0 aliphatic rings. The van der Waals surface area contributed by atoms with Gasteiger partial charge in [0.25, 0.3) is 0 Å². The third-order valence-electron chi connectivity index (χ3n) is 2.43. The van der Waals surface area contributed by atoms with E-state index in [1.165, 1.54) is 17.0 Å². The number of nitrogens with two attached hydrogens (primary N) is 1. The third-order valence-corrected chi connectivity index (χ3v) is 2.43. The van der Waals surface area contributed by atoms with Gasteiger partial charge in [0, 0.05) is 5.56 Å². The SMILES string of the molecule is Cc1cn(N=Cc2cc(CO)ccc2O)c(N)n1. The molecule has 18 heavy (non-hydrogen) atoms. The van der Waals surface area contributed by atoms with E-state index < -0.39 is 0 Å². The molecular weight excluding hydrogens is 232 g/mol. The lowest BCUT2D eigenvalue weighted by molar-refractivity contribution is 0.281. The van der Waals surface area contributed by atoms with Crippen LogP contribution >= 0.6 is 0 Å². The highest BCUT2D eigenvalue weighted by Crippen LogP contribution is 2.17. The van der Waals surface area contributed by atoms with Gasteiger partial charge in [-0.05, 0) is 24.6 Å². The molecule has 0 aliphatic carbocycles. The second kappa shape index (κ2) is 4.89. The summed E-state index contributed by atoms with van der Waals surface area (Å²) in [4.78, 5) is 4.00. The quantitative estimate of drug-likeness (QED) is 0.699. The lowest BCUT2D eigenvalue weighted by Crippen LogP contribution is -1.97. The van der Waals surface area contributed by atoms with E-state index in [0.717, 1.165) is 5.69 Å². The van der Waals surface area contributed by atoms with Gasteiger partial charge >= 0.3 is 0 Å². The van der Waals surface area contributed by atoms with Crippen LogP contribution in [0.1, 0.15) is 16.8 Å². The van der Waals surface area contributed by atoms with Crippen LogP contribution in [0.15, 0.2) is 29.5 Å². The Hall–Kier alpha value is -2.34. The van der Waals surface area contributed by atoms with E-state index in [2.05, 4.69) is 10.1 Å². The van der Waals surface area contributed by atoms with Crippen molar-refractivity contribution in [3.8, 4) is 5.75 Å². The van der Waals surface area contributed by atoms with Crippen LogP contribution in [0, 0.1) is 6.92 Å². The third kappa shape index (κ3) is 2.49. The van der Waals surface area contributed by atoms with E-state index in [-0.39, 0.29) is 18.3 Å². The molecule has 1 aromatic carbocycles. The van der Waals surface area contributed by atoms with Gasteiger partial charge in [-0.2, -0.15) is 5.10 Å². The van der Waals surface area contributed by atoms with Crippen molar-refractivity contribution in [2.45, 2.75) is 13.5 Å². The number of hydrogen-bond acceptors (Lipinski definition) is 5. The van der Waals surface area contributed by atoms with E-state index in [1.807, 2.05) is 6.92 Å². The number of benzene rings is 1. The molecule has 94 valence electrons. The van der Waals surface area contributed by atoms with Gasteiger partial charge in [-0.3, -0.25) is 0 Å². The molecule has 1 aromatic heterocycles. The Morgan fingerprint density at radius 3 is 2.89 bits per heavy atom. The number of phenolic OH excluding ortho intramolecular Hbond substituents is 1. The summed E-state index contributed by atoms with van der Waals surface area (Å²) in [6.07, 6.45) is 3.14. The maximum absolute atomic E-state index is 9.65. The van der Waals surface area contributed by atoms with Crippen LogP contribution in [0.4, 0.5) is 5.95 Å². The topological polar surface area (TPSA) is 96.7 Å². The summed E-state index contributed by atoms with van der Waals surface area (Å²) in [5.41, 5.74) is 7.60. The standard InChI is InChI=1S/C12H14N4O2/c1-8-6-16(12(13)15-8)14-5-10-4-9(7-17)2-3-11(10)18/h2-6,17-18H,7H2,1H3,(H2,13,15). The minimum absolute atomic E-state index is 0.0892. The first-order chi connectivity index (χ1) is 8.60. The van der Waals surface area contributed by atoms with Crippen LogP contribution in [-0.2, 0) is 6.61 Å². The van der Waals surface area contributed by atoms with Crippen molar-refractivity contribution >= 4 is 12.2 Å². The van der Waals surface area contributed by atoms with Crippen LogP contribution < -0.4 is 5.73 Å². The maximum atomic E-state index is 9.65. The zero-order valence-corrected chi connectivity index (χ0v) is 9.91. The van der Waals surface area contributed by atoms with Gasteiger partial charge in [0.05, 0.1) is 24.7 Å². The molecule has 0 amide bonds. The highest BCUT2D eigenvalue weighted by atomic mass is 16.3. The van der Waals surface area contributed by atoms with Gasteiger partial charge < -0.3 is 15.9 Å². The van der Waals surface area contributed by atoms with E-state index >= 15 is 0 Å². The number of aromatic hydroxyl groups is 1. The second-order valence-corrected chi connectivity index (χ2v) is 3.88. The van der Waals surface area contributed by atoms with Gasteiger partial charge in [0.2, 0.25) is 5.95 Å². The first-order valence-corrected chi connectivity index (χ1v) is 5.38. The van der Waals surface area contributed by atoms with E-state index in [0.29, 0.717) is 11.1 Å². The van der Waals surface area contributed by atoms with Crippen LogP contribution in [-0.4, -0.2) is 26.1 Å². The van der Waals surface area contributed by atoms with Crippen LogP contribution in [0.3, 0.4) is 0 Å². The molecule has 0 aliphatic heterocycles. The minimum atomic E-state index is -0.0898. The summed E-state index contributed by atoms with van der Waals surface area (Å²) < 4.78 is 1.42. The van der Waals surface area contributed by atoms with E-state index in [4.69, 9.17) is 10.8 Å². The Labute approximate surface area is 104 Å². The summed E-state index contributed by atoms with van der Waals surface area (Å²) >= 11 is 0. The summed E-state index contributed by atoms with van der Waals surface area (Å²) in [6.45, 7) is 1.72. The fourth-order valence-corrected chi connectivity index (χ4v) is 1.53. The lowest BCUT2D eigenvalue weighted by atomic mass is 10.1. The molecule has 6 nitrogen and oxygen atoms in total. The number of aliphatic hydroxyl groups excluding tert-OH is 1. The number of aryl methyl sites for hydroxylation is 1. The number of aromatic nitrogens is 2. The molecule has 0 bridgehead atoms. The van der Waals surface area contributed by atoms with Gasteiger partial charge in [0.1, 0.15) is 5.75 Å². The first-order valence-electron chi connectivity index (χ1n) is 5.38. The fraction of sp³-hybridized carbons (Fsp3) is 0.167. The molecule has 0 saturated carbocycles. The molecule has 0 unspecified atom stereocenters. The monoisotopic (exact) mass is 246 g/mol. The highest BCUT2D eigenvalue weighted by Gasteiger charge is 2.02. The molecule has 2 rings (SSSR count). The molecule has 0 radical (unpaired) electrons. The molecule has 6 heteroatoms. The molecular formula is C12H14N4O2. The molecule has 1 heterocycles. The predicted molar refractivity (Wildman–Crippen MR) is 68.4 cm³/mol. The van der Waals surface area contributed by atoms with Gasteiger partial charge in [-0.15, -0.1) is 0 Å². The van der Waals surface area contributed by atoms with Crippen molar-refractivity contribution in [1.29, 1.82) is 0 Å². The molecule has 0 atom stereocenters. The number of aliphatic hydroxyl groups is 1. The summed E-state index contributed by atoms with van der Waals surface area (Å²) in [5, 5.41) is 22.8. The average molecular weight is 246 g/mol. The van der Waals surface area contributed by atoms with E-state index in [9.17, 15) is 5.11 Å². The fourth-order valence-electron chi connectivity index (χ4n) is 1.53. The largest absolute Gasteiger partial charge is 0.507 e. The highest BCUT2D eigenvalue weighted by molar-refractivity contribution is 5.83. The van der Waals surface area contributed by atoms with Crippen molar-refractivity contribution in [2.24, 2.45) is 5.10 Å². The molecule has 0 saturated heterocycles. The number of anilines is 1. The van der Waals surface area contributed by atoms with Crippen LogP contribution in [0.25, 0.3) is 0 Å². The zero-order valence-electron chi connectivity index (χ0n) is 9.91. The number of nitrogens with zero attached hydrogens (tertiary/aromatic N) is 3. The smallest absolute Gasteiger partial charge is 0.221 e. The van der Waals surface area contributed by atoms with Crippen molar-refractivity contribution in [3.63, 3.8) is 0 Å². The van der Waals surface area contributed by atoms with Crippen LogP contribution in [0.2, 0.25) is 0 Å². The van der Waals surface area contributed by atoms with E-state index in [1.54, 1.807) is 18.3 Å². The van der Waals surface area contributed by atoms with Gasteiger partial charge in [-0.25, -0.2) is 9.66 Å². The number of phenols is 1. The Morgan fingerprint density at radius 1 is 1.50 bits per heavy atom. The number of imidazole rings is 1. The van der Waals surface area contributed by atoms with Crippen LogP contribution in [0.5, 0.6) is 5.75 Å². The average Bonchev–Trinajstić information content (AvgIpc) is 2.67. The molecule has 0 fully saturated rings. The summed E-state index contributed by atoms with van der Waals surface area (Å²) in [6, 6.07) is 4.80. The Balaban J connectivity index is 2.31. The predicted octanol–water partition coefficient (Wildman–Crippen LogP) is 0.854. The summed E-state index contributed by atoms with van der Waals surface area (Å²) in [5.74, 6) is 0.368. The Morgan fingerprint density at radius 2 is 2.28 bits per heavy atom. The normalized spacial score (nSPS) is 11.2. The Kier molecular flexibility index (Phi) is 3.29. The molecule has 4 N–H and O–H groups in total. The number of nitrogen functional groups attached to an aromatic ring is 1. The van der Waals surface area contributed by atoms with Crippen molar-refractivity contribution < 1.29 is 10.2 Å². The first kappa shape index (κ1) is 12.1. The minimum Gasteiger partial charge on any atom is -0.507 e.